The Morgan fingerprint density at radius 3 is 2.50 bits per heavy atom. The highest BCUT2D eigenvalue weighted by molar-refractivity contribution is 5.82. The maximum Gasteiger partial charge on any atom is 0.328 e. The summed E-state index contributed by atoms with van der Waals surface area (Å²) in [6.07, 6.45) is 3.27. The minimum absolute atomic E-state index is 0.419. The number of carboxylic acid groups (broad SMARTS) is 1. The van der Waals surface area contributed by atoms with E-state index in [9.17, 15) is 9.59 Å². The van der Waals surface area contributed by atoms with E-state index in [0.717, 1.165) is 0 Å². The van der Waals surface area contributed by atoms with Crippen molar-refractivity contribution in [3.63, 3.8) is 0 Å². The van der Waals surface area contributed by atoms with E-state index in [-0.39, 0.29) is 0 Å². The van der Waals surface area contributed by atoms with Gasteiger partial charge in [-0.05, 0) is 20.3 Å². The fourth-order valence-electron chi connectivity index (χ4n) is 1.02. The van der Waals surface area contributed by atoms with Crippen molar-refractivity contribution in [1.29, 1.82) is 0 Å². The predicted octanol–water partition coefficient (Wildman–Crippen LogP) is 0.0858. The number of aliphatic hydroxyl groups excluding tert-OH is 1. The van der Waals surface area contributed by atoms with Gasteiger partial charge < -0.3 is 20.8 Å². The SMILES string of the molecule is C/C=C/CCNC(=O)NC(C(=O)O)C(C)O. The average Bonchev–Trinajstić information content (AvgIpc) is 2.20. The van der Waals surface area contributed by atoms with Gasteiger partial charge in [0.15, 0.2) is 6.04 Å². The summed E-state index contributed by atoms with van der Waals surface area (Å²) in [4.78, 5) is 21.8. The Balaban J connectivity index is 3.96. The second-order valence-electron chi connectivity index (χ2n) is 3.31. The Morgan fingerprint density at radius 1 is 1.44 bits per heavy atom. The molecule has 2 amide bonds. The standard InChI is InChI=1S/C10H18N2O4/c1-3-4-5-6-11-10(16)12-8(7(2)13)9(14)15/h3-4,7-8,13H,5-6H2,1-2H3,(H,14,15)(H2,11,12,16)/b4-3+. The zero-order valence-electron chi connectivity index (χ0n) is 9.43. The summed E-state index contributed by atoms with van der Waals surface area (Å²) in [7, 11) is 0. The molecule has 0 radical (unpaired) electrons. The van der Waals surface area contributed by atoms with Crippen LogP contribution in [0.2, 0.25) is 0 Å². The van der Waals surface area contributed by atoms with Crippen LogP contribution in [0.15, 0.2) is 12.2 Å². The van der Waals surface area contributed by atoms with E-state index in [0.29, 0.717) is 13.0 Å². The summed E-state index contributed by atoms with van der Waals surface area (Å²) in [5.74, 6) is -1.27. The van der Waals surface area contributed by atoms with Crippen molar-refractivity contribution in [2.75, 3.05) is 6.54 Å². The van der Waals surface area contributed by atoms with Gasteiger partial charge in [0.25, 0.3) is 0 Å². The average molecular weight is 230 g/mol. The van der Waals surface area contributed by atoms with E-state index in [4.69, 9.17) is 10.2 Å². The van der Waals surface area contributed by atoms with Crippen LogP contribution in [0.1, 0.15) is 20.3 Å². The first-order valence-electron chi connectivity index (χ1n) is 5.05. The lowest BCUT2D eigenvalue weighted by atomic mass is 10.2. The van der Waals surface area contributed by atoms with Crippen LogP contribution in [-0.2, 0) is 4.79 Å². The molecule has 16 heavy (non-hydrogen) atoms. The Kier molecular flexibility index (Phi) is 6.95. The fourth-order valence-corrected chi connectivity index (χ4v) is 1.02. The molecule has 0 aromatic rings. The lowest BCUT2D eigenvalue weighted by Crippen LogP contribution is -2.51. The van der Waals surface area contributed by atoms with Crippen molar-refractivity contribution >= 4 is 12.0 Å². The third kappa shape index (κ3) is 6.02. The number of hydrogen-bond acceptors (Lipinski definition) is 3. The van der Waals surface area contributed by atoms with E-state index >= 15 is 0 Å². The van der Waals surface area contributed by atoms with Gasteiger partial charge in [-0.15, -0.1) is 0 Å². The molecule has 0 aromatic heterocycles. The second kappa shape index (κ2) is 7.70. The summed E-state index contributed by atoms with van der Waals surface area (Å²) < 4.78 is 0. The first kappa shape index (κ1) is 14.4. The van der Waals surface area contributed by atoms with Crippen LogP contribution in [-0.4, -0.2) is 40.9 Å². The van der Waals surface area contributed by atoms with Crippen molar-refractivity contribution in [3.8, 4) is 0 Å². The molecule has 0 bridgehead atoms. The molecular formula is C10H18N2O4. The lowest BCUT2D eigenvalue weighted by molar-refractivity contribution is -0.141. The molecule has 0 aliphatic heterocycles. The van der Waals surface area contributed by atoms with Gasteiger partial charge in [-0.3, -0.25) is 0 Å². The van der Waals surface area contributed by atoms with Crippen LogP contribution in [0.4, 0.5) is 4.79 Å². The number of aliphatic carboxylic acids is 1. The number of carboxylic acids is 1. The van der Waals surface area contributed by atoms with E-state index in [1.807, 2.05) is 19.1 Å². The maximum atomic E-state index is 11.2. The highest BCUT2D eigenvalue weighted by atomic mass is 16.4. The summed E-state index contributed by atoms with van der Waals surface area (Å²) in [5.41, 5.74) is 0. The molecule has 6 nitrogen and oxygen atoms in total. The highest BCUT2D eigenvalue weighted by Crippen LogP contribution is 1.92. The second-order valence-corrected chi connectivity index (χ2v) is 3.31. The zero-order valence-corrected chi connectivity index (χ0v) is 9.43. The van der Waals surface area contributed by atoms with Gasteiger partial charge in [-0.2, -0.15) is 0 Å². The molecule has 0 rings (SSSR count). The third-order valence-electron chi connectivity index (χ3n) is 1.87. The molecule has 2 unspecified atom stereocenters. The molecule has 0 aliphatic carbocycles. The number of hydrogen-bond donors (Lipinski definition) is 4. The maximum absolute atomic E-state index is 11.2. The van der Waals surface area contributed by atoms with Crippen LogP contribution in [0.3, 0.4) is 0 Å². The van der Waals surface area contributed by atoms with Gasteiger partial charge in [-0.25, -0.2) is 9.59 Å². The third-order valence-corrected chi connectivity index (χ3v) is 1.87. The molecule has 6 heteroatoms. The van der Waals surface area contributed by atoms with Crippen molar-refractivity contribution in [1.82, 2.24) is 10.6 Å². The van der Waals surface area contributed by atoms with Crippen molar-refractivity contribution in [2.24, 2.45) is 0 Å². The van der Waals surface area contributed by atoms with Crippen LogP contribution in [0.5, 0.6) is 0 Å². The van der Waals surface area contributed by atoms with E-state index in [2.05, 4.69) is 10.6 Å². The molecule has 0 aromatic carbocycles. The molecule has 0 spiro atoms. The van der Waals surface area contributed by atoms with Crippen molar-refractivity contribution < 1.29 is 19.8 Å². The van der Waals surface area contributed by atoms with Crippen LogP contribution in [0, 0.1) is 0 Å². The Morgan fingerprint density at radius 2 is 2.06 bits per heavy atom. The summed E-state index contributed by atoms with van der Waals surface area (Å²) in [6.45, 7) is 3.59. The van der Waals surface area contributed by atoms with Crippen LogP contribution in [0.25, 0.3) is 0 Å². The zero-order chi connectivity index (χ0) is 12.6. The normalized spacial score (nSPS) is 14.4. The molecule has 0 fully saturated rings. The Labute approximate surface area is 94.3 Å². The topological polar surface area (TPSA) is 98.7 Å². The molecule has 92 valence electrons. The molecule has 2 atom stereocenters. The first-order chi connectivity index (χ1) is 7.49. The van der Waals surface area contributed by atoms with Gasteiger partial charge in [0.2, 0.25) is 0 Å². The lowest BCUT2D eigenvalue weighted by Gasteiger charge is -2.17. The number of amides is 2. The molecule has 0 heterocycles. The monoisotopic (exact) mass is 230 g/mol. The van der Waals surface area contributed by atoms with Crippen LogP contribution < -0.4 is 10.6 Å². The fraction of sp³-hybridized carbons (Fsp3) is 0.600. The smallest absolute Gasteiger partial charge is 0.328 e. The molecule has 0 saturated carbocycles. The van der Waals surface area contributed by atoms with Gasteiger partial charge in [-0.1, -0.05) is 12.2 Å². The number of carbonyl (C=O) groups excluding carboxylic acids is 1. The Bertz CT molecular complexity index is 264. The minimum atomic E-state index is -1.29. The Hall–Kier alpha value is -1.56. The van der Waals surface area contributed by atoms with Gasteiger partial charge in [0.05, 0.1) is 6.10 Å². The predicted molar refractivity (Wildman–Crippen MR) is 59.1 cm³/mol. The molecule has 4 N–H and O–H groups in total. The first-order valence-corrected chi connectivity index (χ1v) is 5.05. The number of allylic oxidation sites excluding steroid dienone is 1. The number of aliphatic hydroxyl groups is 1. The van der Waals surface area contributed by atoms with Crippen molar-refractivity contribution in [2.45, 2.75) is 32.4 Å². The van der Waals surface area contributed by atoms with Gasteiger partial charge in [0.1, 0.15) is 0 Å². The number of rotatable bonds is 6. The number of nitrogens with one attached hydrogen (secondary N) is 2. The van der Waals surface area contributed by atoms with E-state index in [1.165, 1.54) is 6.92 Å². The number of carbonyl (C=O) groups is 2. The largest absolute Gasteiger partial charge is 0.480 e. The molecule has 0 aliphatic rings. The van der Waals surface area contributed by atoms with E-state index < -0.39 is 24.1 Å². The van der Waals surface area contributed by atoms with Gasteiger partial charge in [0, 0.05) is 6.54 Å². The van der Waals surface area contributed by atoms with Gasteiger partial charge >= 0.3 is 12.0 Å². The number of urea groups is 1. The highest BCUT2D eigenvalue weighted by Gasteiger charge is 2.24. The molecular weight excluding hydrogens is 212 g/mol. The van der Waals surface area contributed by atoms with Crippen LogP contribution >= 0.6 is 0 Å². The van der Waals surface area contributed by atoms with Crippen molar-refractivity contribution in [3.05, 3.63) is 12.2 Å². The summed E-state index contributed by atoms with van der Waals surface area (Å²) in [5, 5.41) is 22.4. The minimum Gasteiger partial charge on any atom is -0.480 e. The summed E-state index contributed by atoms with van der Waals surface area (Å²) >= 11 is 0. The van der Waals surface area contributed by atoms with E-state index in [1.54, 1.807) is 0 Å². The quantitative estimate of drug-likeness (QED) is 0.384. The summed E-state index contributed by atoms with van der Waals surface area (Å²) in [6, 6.07) is -1.89. The molecule has 0 saturated heterocycles.